The minimum Gasteiger partial charge on any atom is -0.365 e. The number of hydrogen-bond acceptors (Lipinski definition) is 3. The van der Waals surface area contributed by atoms with Crippen molar-refractivity contribution in [3.05, 3.63) is 35.6 Å². The Morgan fingerprint density at radius 2 is 2.35 bits per heavy atom. The SMILES string of the molecule is CN1CC(CNC(=O)Cc2cccc(F)c2)OCC1=O. The Bertz CT molecular complexity index is 507. The van der Waals surface area contributed by atoms with Gasteiger partial charge < -0.3 is 15.0 Å². The monoisotopic (exact) mass is 280 g/mol. The third-order valence-corrected chi connectivity index (χ3v) is 3.13. The lowest BCUT2D eigenvalue weighted by molar-refractivity contribution is -0.146. The van der Waals surface area contributed by atoms with Gasteiger partial charge in [0, 0.05) is 20.1 Å². The van der Waals surface area contributed by atoms with Crippen LogP contribution in [0.1, 0.15) is 5.56 Å². The highest BCUT2D eigenvalue weighted by molar-refractivity contribution is 5.79. The molecule has 6 heteroatoms. The quantitative estimate of drug-likeness (QED) is 0.865. The first-order chi connectivity index (χ1) is 9.54. The van der Waals surface area contributed by atoms with Crippen LogP contribution in [0.15, 0.2) is 24.3 Å². The Morgan fingerprint density at radius 3 is 3.05 bits per heavy atom. The van der Waals surface area contributed by atoms with Crippen LogP contribution in [0, 0.1) is 5.82 Å². The molecule has 1 aliphatic heterocycles. The van der Waals surface area contributed by atoms with Crippen LogP contribution in [0.4, 0.5) is 4.39 Å². The molecule has 1 heterocycles. The highest BCUT2D eigenvalue weighted by atomic mass is 19.1. The van der Waals surface area contributed by atoms with Gasteiger partial charge in [0.25, 0.3) is 0 Å². The lowest BCUT2D eigenvalue weighted by atomic mass is 10.1. The minimum atomic E-state index is -0.356. The maximum absolute atomic E-state index is 13.0. The molecule has 1 N–H and O–H groups in total. The van der Waals surface area contributed by atoms with E-state index in [0.717, 1.165) is 0 Å². The Kier molecular flexibility index (Phi) is 4.68. The van der Waals surface area contributed by atoms with Gasteiger partial charge in [-0.1, -0.05) is 12.1 Å². The molecule has 0 aliphatic carbocycles. The molecule has 1 atom stereocenters. The molecule has 0 aromatic heterocycles. The van der Waals surface area contributed by atoms with Crippen molar-refractivity contribution in [1.29, 1.82) is 0 Å². The Labute approximate surface area is 116 Å². The molecule has 0 saturated carbocycles. The first-order valence-electron chi connectivity index (χ1n) is 6.41. The van der Waals surface area contributed by atoms with Crippen LogP contribution in [-0.4, -0.2) is 49.6 Å². The molecule has 5 nitrogen and oxygen atoms in total. The predicted molar refractivity (Wildman–Crippen MR) is 70.5 cm³/mol. The van der Waals surface area contributed by atoms with Gasteiger partial charge in [0.05, 0.1) is 12.5 Å². The number of hydrogen-bond donors (Lipinski definition) is 1. The van der Waals surface area contributed by atoms with E-state index < -0.39 is 0 Å². The number of halogens is 1. The third kappa shape index (κ3) is 4.03. The van der Waals surface area contributed by atoms with Crippen LogP contribution >= 0.6 is 0 Å². The number of carbonyl (C=O) groups excluding carboxylic acids is 2. The fourth-order valence-electron chi connectivity index (χ4n) is 2.01. The van der Waals surface area contributed by atoms with Gasteiger partial charge in [-0.05, 0) is 17.7 Å². The topological polar surface area (TPSA) is 58.6 Å². The maximum atomic E-state index is 13.0. The van der Waals surface area contributed by atoms with Crippen LogP contribution in [-0.2, 0) is 20.7 Å². The van der Waals surface area contributed by atoms with Gasteiger partial charge in [0.1, 0.15) is 12.4 Å². The zero-order chi connectivity index (χ0) is 14.5. The number of morpholine rings is 1. The van der Waals surface area contributed by atoms with E-state index in [2.05, 4.69) is 5.32 Å². The summed E-state index contributed by atoms with van der Waals surface area (Å²) in [5.41, 5.74) is 0.624. The van der Waals surface area contributed by atoms with Gasteiger partial charge in [-0.3, -0.25) is 9.59 Å². The Morgan fingerprint density at radius 1 is 1.55 bits per heavy atom. The lowest BCUT2D eigenvalue weighted by Crippen LogP contribution is -2.48. The molecule has 2 amide bonds. The molecule has 20 heavy (non-hydrogen) atoms. The molecule has 108 valence electrons. The van der Waals surface area contributed by atoms with E-state index in [-0.39, 0.29) is 36.8 Å². The van der Waals surface area contributed by atoms with Gasteiger partial charge in [-0.25, -0.2) is 4.39 Å². The zero-order valence-corrected chi connectivity index (χ0v) is 11.3. The lowest BCUT2D eigenvalue weighted by Gasteiger charge is -2.29. The van der Waals surface area contributed by atoms with Gasteiger partial charge in [0.15, 0.2) is 0 Å². The summed E-state index contributed by atoms with van der Waals surface area (Å²) in [5.74, 6) is -0.614. The number of rotatable bonds is 4. The highest BCUT2D eigenvalue weighted by Crippen LogP contribution is 2.05. The van der Waals surface area contributed by atoms with Crippen LogP contribution in [0.2, 0.25) is 0 Å². The Hall–Kier alpha value is -1.95. The molecule has 0 radical (unpaired) electrons. The summed E-state index contributed by atoms with van der Waals surface area (Å²) >= 11 is 0. The summed E-state index contributed by atoms with van der Waals surface area (Å²) < 4.78 is 18.3. The van der Waals surface area contributed by atoms with Crippen molar-refractivity contribution in [3.63, 3.8) is 0 Å². The van der Waals surface area contributed by atoms with Crippen molar-refractivity contribution in [3.8, 4) is 0 Å². The summed E-state index contributed by atoms with van der Waals surface area (Å²) in [6.45, 7) is 0.839. The third-order valence-electron chi connectivity index (χ3n) is 3.13. The fraction of sp³-hybridized carbons (Fsp3) is 0.429. The summed E-state index contributed by atoms with van der Waals surface area (Å²) in [5, 5.41) is 2.73. The normalized spacial score (nSPS) is 19.0. The molecule has 1 unspecified atom stereocenters. The molecular weight excluding hydrogens is 263 g/mol. The molecule has 1 aromatic carbocycles. The number of likely N-dealkylation sites (N-methyl/N-ethyl adjacent to an activating group) is 1. The minimum absolute atomic E-state index is 0.0426. The van der Waals surface area contributed by atoms with Crippen LogP contribution < -0.4 is 5.32 Å². The number of benzene rings is 1. The molecule has 0 bridgehead atoms. The van der Waals surface area contributed by atoms with Crippen molar-refractivity contribution in [2.24, 2.45) is 0 Å². The number of nitrogens with one attached hydrogen (secondary N) is 1. The van der Waals surface area contributed by atoms with Crippen LogP contribution in [0.5, 0.6) is 0 Å². The van der Waals surface area contributed by atoms with Gasteiger partial charge >= 0.3 is 0 Å². The first-order valence-corrected chi connectivity index (χ1v) is 6.41. The average Bonchev–Trinajstić information content (AvgIpc) is 2.40. The summed E-state index contributed by atoms with van der Waals surface area (Å²) in [4.78, 5) is 24.5. The summed E-state index contributed by atoms with van der Waals surface area (Å²) in [6, 6.07) is 5.95. The van der Waals surface area contributed by atoms with E-state index in [1.807, 2.05) is 0 Å². The second kappa shape index (κ2) is 6.47. The Balaban J connectivity index is 1.77. The molecular formula is C14H17FN2O3. The standard InChI is InChI=1S/C14H17FN2O3/c1-17-8-12(20-9-14(17)19)7-16-13(18)6-10-3-2-4-11(15)5-10/h2-5,12H,6-9H2,1H3,(H,16,18). The number of carbonyl (C=O) groups is 2. The van der Waals surface area contributed by atoms with Crippen molar-refractivity contribution in [2.45, 2.75) is 12.5 Å². The van der Waals surface area contributed by atoms with E-state index in [9.17, 15) is 14.0 Å². The maximum Gasteiger partial charge on any atom is 0.248 e. The number of nitrogens with zero attached hydrogens (tertiary/aromatic N) is 1. The van der Waals surface area contributed by atoms with Crippen molar-refractivity contribution in [1.82, 2.24) is 10.2 Å². The second-order valence-corrected chi connectivity index (χ2v) is 4.82. The molecule has 0 spiro atoms. The van der Waals surface area contributed by atoms with Crippen LogP contribution in [0.3, 0.4) is 0 Å². The van der Waals surface area contributed by atoms with E-state index in [4.69, 9.17) is 4.74 Å². The predicted octanol–water partition coefficient (Wildman–Crippen LogP) is 0.342. The second-order valence-electron chi connectivity index (χ2n) is 4.82. The number of amides is 2. The molecule has 1 fully saturated rings. The van der Waals surface area contributed by atoms with Crippen molar-refractivity contribution in [2.75, 3.05) is 26.7 Å². The van der Waals surface area contributed by atoms with Gasteiger partial charge in [0.2, 0.25) is 11.8 Å². The van der Waals surface area contributed by atoms with Crippen molar-refractivity contribution < 1.29 is 18.7 Å². The van der Waals surface area contributed by atoms with E-state index in [1.54, 1.807) is 24.1 Å². The van der Waals surface area contributed by atoms with E-state index in [0.29, 0.717) is 18.7 Å². The average molecular weight is 280 g/mol. The van der Waals surface area contributed by atoms with Crippen LogP contribution in [0.25, 0.3) is 0 Å². The van der Waals surface area contributed by atoms with Gasteiger partial charge in [-0.2, -0.15) is 0 Å². The largest absolute Gasteiger partial charge is 0.365 e. The van der Waals surface area contributed by atoms with Gasteiger partial charge in [-0.15, -0.1) is 0 Å². The smallest absolute Gasteiger partial charge is 0.248 e. The summed E-state index contributed by atoms with van der Waals surface area (Å²) in [6.07, 6.45) is -0.0756. The summed E-state index contributed by atoms with van der Waals surface area (Å²) in [7, 11) is 1.70. The number of ether oxygens (including phenoxy) is 1. The molecule has 1 aliphatic rings. The molecule has 1 aromatic rings. The van der Waals surface area contributed by atoms with E-state index >= 15 is 0 Å². The zero-order valence-electron chi connectivity index (χ0n) is 11.3. The highest BCUT2D eigenvalue weighted by Gasteiger charge is 2.23. The fourth-order valence-corrected chi connectivity index (χ4v) is 2.01. The molecule has 1 saturated heterocycles. The first kappa shape index (κ1) is 14.5. The van der Waals surface area contributed by atoms with E-state index in [1.165, 1.54) is 12.1 Å². The molecule has 2 rings (SSSR count). The van der Waals surface area contributed by atoms with Crippen molar-refractivity contribution >= 4 is 11.8 Å².